The van der Waals surface area contributed by atoms with Crippen molar-refractivity contribution in [1.29, 1.82) is 0 Å². The first-order valence-corrected chi connectivity index (χ1v) is 13.2. The monoisotopic (exact) mass is 541 g/mol. The number of nitro benzene ring substituents is 1. The molecule has 1 aliphatic rings. The van der Waals surface area contributed by atoms with Crippen molar-refractivity contribution in [3.05, 3.63) is 111 Å². The third-order valence-corrected chi connectivity index (χ3v) is 7.66. The minimum absolute atomic E-state index is 0.0230. The van der Waals surface area contributed by atoms with Gasteiger partial charge in [-0.25, -0.2) is 0 Å². The van der Waals surface area contributed by atoms with Crippen molar-refractivity contribution in [2.45, 2.75) is 45.7 Å². The van der Waals surface area contributed by atoms with Gasteiger partial charge >= 0.3 is 0 Å². The number of ether oxygens (including phenoxy) is 1. The molecule has 3 heterocycles. The van der Waals surface area contributed by atoms with Crippen molar-refractivity contribution in [2.75, 3.05) is 12.0 Å². The summed E-state index contributed by atoms with van der Waals surface area (Å²) >= 11 is 5.90. The number of nitrogens with zero attached hydrogens (tertiary/aromatic N) is 4. The molecule has 2 atom stereocenters. The van der Waals surface area contributed by atoms with Crippen LogP contribution in [0.2, 0.25) is 0 Å². The Bertz CT molecular complexity index is 1530. The Balaban J connectivity index is 1.68. The van der Waals surface area contributed by atoms with Gasteiger partial charge in [-0.3, -0.25) is 15.1 Å². The second-order valence-corrected chi connectivity index (χ2v) is 10.4. The summed E-state index contributed by atoms with van der Waals surface area (Å²) < 4.78 is 7.19. The van der Waals surface area contributed by atoms with Gasteiger partial charge in [0.05, 0.1) is 35.9 Å². The van der Waals surface area contributed by atoms with Gasteiger partial charge in [-0.2, -0.15) is 0 Å². The Morgan fingerprint density at radius 1 is 1.08 bits per heavy atom. The van der Waals surface area contributed by atoms with Crippen LogP contribution >= 0.6 is 12.2 Å². The molecule has 0 saturated carbocycles. The van der Waals surface area contributed by atoms with Gasteiger partial charge < -0.3 is 19.5 Å². The number of thiocarbonyl (C=S) groups is 1. The number of aromatic nitrogens is 2. The lowest BCUT2D eigenvalue weighted by atomic mass is 9.96. The van der Waals surface area contributed by atoms with E-state index >= 15 is 0 Å². The van der Waals surface area contributed by atoms with E-state index < -0.39 is 0 Å². The predicted molar refractivity (Wildman–Crippen MR) is 157 cm³/mol. The van der Waals surface area contributed by atoms with E-state index in [1.54, 1.807) is 18.3 Å². The number of hydrogen-bond donors (Lipinski definition) is 1. The summed E-state index contributed by atoms with van der Waals surface area (Å²) in [7, 11) is 1.50. The van der Waals surface area contributed by atoms with Crippen molar-refractivity contribution in [3.63, 3.8) is 0 Å². The number of nitro groups is 1. The van der Waals surface area contributed by atoms with Crippen molar-refractivity contribution < 1.29 is 9.66 Å². The van der Waals surface area contributed by atoms with Gasteiger partial charge in [0, 0.05) is 23.3 Å². The molecule has 39 heavy (non-hydrogen) atoms. The summed E-state index contributed by atoms with van der Waals surface area (Å²) in [6.07, 6.45) is 1.78. The second kappa shape index (κ2) is 10.5. The molecule has 9 heteroatoms. The molecule has 0 spiro atoms. The maximum atomic E-state index is 12.0. The molecule has 0 amide bonds. The predicted octanol–water partition coefficient (Wildman–Crippen LogP) is 6.71. The van der Waals surface area contributed by atoms with E-state index in [0.717, 1.165) is 28.3 Å². The van der Waals surface area contributed by atoms with Gasteiger partial charge in [-0.05, 0) is 85.6 Å². The molecule has 200 valence electrons. The van der Waals surface area contributed by atoms with Gasteiger partial charge in [0.2, 0.25) is 0 Å². The number of rotatable bonds is 7. The molecule has 4 aromatic rings. The quantitative estimate of drug-likeness (QED) is 0.158. The first-order chi connectivity index (χ1) is 18.7. The van der Waals surface area contributed by atoms with E-state index in [2.05, 4.69) is 59.4 Å². The molecule has 0 bridgehead atoms. The minimum Gasteiger partial charge on any atom is -0.496 e. The van der Waals surface area contributed by atoms with Crippen LogP contribution in [0.4, 0.5) is 11.4 Å². The van der Waals surface area contributed by atoms with Crippen LogP contribution in [-0.4, -0.2) is 26.7 Å². The summed E-state index contributed by atoms with van der Waals surface area (Å²) in [4.78, 5) is 18.4. The van der Waals surface area contributed by atoms with Crippen LogP contribution in [0.3, 0.4) is 0 Å². The lowest BCUT2D eigenvalue weighted by molar-refractivity contribution is -0.384. The normalized spacial score (nSPS) is 17.0. The van der Waals surface area contributed by atoms with E-state index in [1.165, 1.54) is 18.7 Å². The summed E-state index contributed by atoms with van der Waals surface area (Å²) in [5, 5.41) is 16.1. The van der Waals surface area contributed by atoms with E-state index in [9.17, 15) is 10.1 Å². The zero-order valence-electron chi connectivity index (χ0n) is 22.6. The molecule has 2 aromatic carbocycles. The number of nitrogens with one attached hydrogen (secondary N) is 1. The highest BCUT2D eigenvalue weighted by molar-refractivity contribution is 7.80. The van der Waals surface area contributed by atoms with Gasteiger partial charge in [-0.1, -0.05) is 32.0 Å². The molecule has 0 aliphatic carbocycles. The van der Waals surface area contributed by atoms with E-state index in [4.69, 9.17) is 17.0 Å². The zero-order chi connectivity index (χ0) is 27.8. The third kappa shape index (κ3) is 4.74. The number of hydrogen-bond acceptors (Lipinski definition) is 5. The van der Waals surface area contributed by atoms with E-state index in [-0.39, 0.29) is 22.7 Å². The summed E-state index contributed by atoms with van der Waals surface area (Å²) in [5.74, 6) is 0.851. The number of anilines is 1. The van der Waals surface area contributed by atoms with Crippen LogP contribution in [-0.2, 0) is 0 Å². The fourth-order valence-corrected chi connectivity index (χ4v) is 5.74. The smallest absolute Gasteiger partial charge is 0.296 e. The Labute approximate surface area is 233 Å². The van der Waals surface area contributed by atoms with Crippen LogP contribution in [0.1, 0.15) is 60.1 Å². The molecule has 1 N–H and O–H groups in total. The Hall–Kier alpha value is -4.24. The fraction of sp³-hybridized carbons (Fsp3) is 0.267. The highest BCUT2D eigenvalue weighted by Gasteiger charge is 2.42. The van der Waals surface area contributed by atoms with Crippen molar-refractivity contribution in [2.24, 2.45) is 0 Å². The van der Waals surface area contributed by atoms with Crippen molar-refractivity contribution in [3.8, 4) is 11.4 Å². The van der Waals surface area contributed by atoms with Crippen LogP contribution in [0.5, 0.6) is 5.75 Å². The number of methoxy groups -OCH3 is 1. The first-order valence-electron chi connectivity index (χ1n) is 12.8. The molecule has 1 saturated heterocycles. The largest absolute Gasteiger partial charge is 0.496 e. The lowest BCUT2D eigenvalue weighted by Crippen LogP contribution is -2.29. The average Bonchev–Trinajstić information content (AvgIpc) is 3.43. The minimum atomic E-state index is -0.373. The SMILES string of the molecule is COc1ccc(-n2c(C)cc([C@H]3[C@@H](c4ccccn4)NC(=S)N3c3ccc(C(C)C)cc3)c2C)c([N+](=O)[O-])c1. The standard InChI is InChI=1S/C30H31N5O3S/c1-18(2)21-9-11-22(12-10-21)34-29(28(32-30(34)39)25-8-6-7-15-31-25)24-16-19(3)33(20(24)4)26-14-13-23(38-5)17-27(26)35(36)37/h6-18,28-29H,1-5H3,(H,32,39)/t28-,29+/m1/s1. The van der Waals surface area contributed by atoms with Gasteiger partial charge in [0.1, 0.15) is 11.4 Å². The fourth-order valence-electron chi connectivity index (χ4n) is 5.39. The first kappa shape index (κ1) is 26.4. The van der Waals surface area contributed by atoms with Gasteiger partial charge in [-0.15, -0.1) is 0 Å². The van der Waals surface area contributed by atoms with Crippen LogP contribution in [0, 0.1) is 24.0 Å². The highest BCUT2D eigenvalue weighted by atomic mass is 32.1. The topological polar surface area (TPSA) is 85.5 Å². The van der Waals surface area contributed by atoms with Gasteiger partial charge in [0.25, 0.3) is 5.69 Å². The third-order valence-electron chi connectivity index (χ3n) is 7.35. The molecule has 5 rings (SSSR count). The Morgan fingerprint density at radius 3 is 2.44 bits per heavy atom. The van der Waals surface area contributed by atoms with Crippen molar-refractivity contribution in [1.82, 2.24) is 14.9 Å². The number of aryl methyl sites for hydroxylation is 1. The molecule has 0 radical (unpaired) electrons. The molecule has 1 aliphatic heterocycles. The van der Waals surface area contributed by atoms with E-state index in [0.29, 0.717) is 22.5 Å². The molecule has 2 aromatic heterocycles. The molecule has 1 fully saturated rings. The Morgan fingerprint density at radius 2 is 1.82 bits per heavy atom. The van der Waals surface area contributed by atoms with Gasteiger partial charge in [0.15, 0.2) is 5.11 Å². The number of benzene rings is 2. The number of pyridine rings is 1. The van der Waals surface area contributed by atoms with Crippen LogP contribution in [0.25, 0.3) is 5.69 Å². The average molecular weight is 542 g/mol. The zero-order valence-corrected chi connectivity index (χ0v) is 23.4. The molecular formula is C30H31N5O3S. The Kier molecular flexibility index (Phi) is 7.10. The summed E-state index contributed by atoms with van der Waals surface area (Å²) in [6.45, 7) is 8.30. The lowest BCUT2D eigenvalue weighted by Gasteiger charge is -2.28. The van der Waals surface area contributed by atoms with E-state index in [1.807, 2.05) is 36.6 Å². The van der Waals surface area contributed by atoms with Crippen LogP contribution < -0.4 is 15.0 Å². The van der Waals surface area contributed by atoms with Crippen molar-refractivity contribution >= 4 is 28.7 Å². The maximum Gasteiger partial charge on any atom is 0.296 e. The maximum absolute atomic E-state index is 12.0. The molecule has 0 unspecified atom stereocenters. The second-order valence-electron chi connectivity index (χ2n) is 10.0. The highest BCUT2D eigenvalue weighted by Crippen LogP contribution is 2.44. The molecular weight excluding hydrogens is 510 g/mol. The summed E-state index contributed by atoms with van der Waals surface area (Å²) in [6, 6.07) is 20.9. The van der Waals surface area contributed by atoms with Crippen LogP contribution in [0.15, 0.2) is 72.9 Å². The molecule has 8 nitrogen and oxygen atoms in total. The summed E-state index contributed by atoms with van der Waals surface area (Å²) in [5.41, 5.74) is 6.33.